The van der Waals surface area contributed by atoms with Gasteiger partial charge in [0, 0.05) is 26.2 Å². The Bertz CT molecular complexity index is 1160. The predicted octanol–water partition coefficient (Wildman–Crippen LogP) is -1.89. The van der Waals surface area contributed by atoms with Crippen LogP contribution in [0.4, 0.5) is 11.6 Å². The van der Waals surface area contributed by atoms with Crippen molar-refractivity contribution in [2.45, 2.75) is 51.1 Å². The molecule has 0 aliphatic rings. The van der Waals surface area contributed by atoms with Gasteiger partial charge in [0.1, 0.15) is 24.6 Å². The number of guanidine groups is 1. The molecular formula is C27H45ClN8O8. The molecule has 0 saturated heterocycles. The molecule has 0 saturated carbocycles. The molecule has 4 atom stereocenters. The number of nitrogens with two attached hydrogens (primary N) is 3. The number of halogens is 1. The minimum atomic E-state index is -1.36. The normalized spacial score (nSPS) is 14.4. The zero-order valence-corrected chi connectivity index (χ0v) is 24.3. The van der Waals surface area contributed by atoms with Gasteiger partial charge in [0.05, 0.1) is 25.4 Å². The Labute approximate surface area is 261 Å². The Hall–Kier alpha value is -3.35. The van der Waals surface area contributed by atoms with E-state index in [9.17, 15) is 25.2 Å². The maximum Gasteiger partial charge on any atom is 0.280 e. The van der Waals surface area contributed by atoms with Gasteiger partial charge >= 0.3 is 0 Å². The summed E-state index contributed by atoms with van der Waals surface area (Å²) in [5, 5.41) is 59.7. The van der Waals surface area contributed by atoms with Gasteiger partial charge in [-0.3, -0.25) is 20.0 Å². The fraction of sp³-hybridized carbons (Fsp3) is 0.556. The van der Waals surface area contributed by atoms with Crippen LogP contribution in [0.15, 0.2) is 29.3 Å². The first-order valence-corrected chi connectivity index (χ1v) is 13.9. The van der Waals surface area contributed by atoms with Gasteiger partial charge in [0.2, 0.25) is 0 Å². The Kier molecular flexibility index (Phi) is 17.4. The number of ether oxygens (including phenoxy) is 1. The van der Waals surface area contributed by atoms with Gasteiger partial charge in [-0.15, -0.1) is 0 Å². The average molecular weight is 645 g/mol. The van der Waals surface area contributed by atoms with Crippen LogP contribution in [0.5, 0.6) is 5.75 Å². The summed E-state index contributed by atoms with van der Waals surface area (Å²) in [6, 6.07) is 7.43. The van der Waals surface area contributed by atoms with Crippen LogP contribution < -0.4 is 27.3 Å². The van der Waals surface area contributed by atoms with Crippen molar-refractivity contribution in [3.8, 4) is 5.75 Å². The predicted molar refractivity (Wildman–Crippen MR) is 166 cm³/mol. The number of anilines is 2. The Balaban J connectivity index is 0.00000968. The molecule has 17 heteroatoms. The molecule has 2 aromatic rings. The zero-order chi connectivity index (χ0) is 31.9. The van der Waals surface area contributed by atoms with Gasteiger partial charge in [-0.2, -0.15) is 0 Å². The van der Waals surface area contributed by atoms with E-state index in [1.165, 1.54) is 0 Å². The van der Waals surface area contributed by atoms with Crippen molar-refractivity contribution in [2.75, 3.05) is 57.5 Å². The number of aromatic nitrogens is 2. The van der Waals surface area contributed by atoms with Gasteiger partial charge in [-0.05, 0) is 37.0 Å². The van der Waals surface area contributed by atoms with Crippen molar-refractivity contribution in [1.82, 2.24) is 20.2 Å². The van der Waals surface area contributed by atoms with E-state index < -0.39 is 43.5 Å². The van der Waals surface area contributed by atoms with Gasteiger partial charge in [0.25, 0.3) is 5.91 Å². The molecule has 2 rings (SSSR count). The SMILES string of the molecule is C.NC(=NCCCCc1ccc(OCCN(C[C@@H](O)[C@@H](O)CO)C[C@@H](O)[C@@H](O)CO)cc1)NC(=O)c1nc(Cl)c(N)nc1N. The number of rotatable bonds is 18. The second-order valence-electron chi connectivity index (χ2n) is 9.70. The molecule has 0 spiro atoms. The number of aliphatic hydroxyl groups is 6. The van der Waals surface area contributed by atoms with Gasteiger partial charge in [-0.25, -0.2) is 9.97 Å². The molecule has 0 bridgehead atoms. The quantitative estimate of drug-likeness (QED) is 0.0482. The Morgan fingerprint density at radius 2 is 1.55 bits per heavy atom. The number of hydrogen-bond donors (Lipinski definition) is 10. The third kappa shape index (κ3) is 13.1. The summed E-state index contributed by atoms with van der Waals surface area (Å²) in [6.07, 6.45) is -3.03. The van der Waals surface area contributed by atoms with E-state index in [0.29, 0.717) is 18.7 Å². The maximum absolute atomic E-state index is 12.3. The van der Waals surface area contributed by atoms with E-state index >= 15 is 0 Å². The molecule has 16 nitrogen and oxygen atoms in total. The van der Waals surface area contributed by atoms with Crippen LogP contribution in [0, 0.1) is 0 Å². The largest absolute Gasteiger partial charge is 0.492 e. The van der Waals surface area contributed by atoms with Crippen LogP contribution in [0.3, 0.4) is 0 Å². The molecule has 1 amide bonds. The molecule has 1 aromatic carbocycles. The molecule has 0 unspecified atom stereocenters. The van der Waals surface area contributed by atoms with Crippen LogP contribution in [0.1, 0.15) is 36.3 Å². The van der Waals surface area contributed by atoms with Crippen molar-refractivity contribution in [2.24, 2.45) is 10.7 Å². The fourth-order valence-corrected chi connectivity index (χ4v) is 3.91. The lowest BCUT2D eigenvalue weighted by Crippen LogP contribution is -2.47. The van der Waals surface area contributed by atoms with Crippen molar-refractivity contribution in [1.29, 1.82) is 0 Å². The number of unbranched alkanes of at least 4 members (excludes halogenated alkanes) is 1. The number of aliphatic imine (C=N–C) groups is 1. The minimum Gasteiger partial charge on any atom is -0.492 e. The van der Waals surface area contributed by atoms with Crippen LogP contribution in [-0.4, -0.2) is 128 Å². The maximum atomic E-state index is 12.3. The number of aliphatic hydroxyl groups excluding tert-OH is 6. The molecule has 1 heterocycles. The molecule has 0 fully saturated rings. The second kappa shape index (κ2) is 19.8. The highest BCUT2D eigenvalue weighted by Crippen LogP contribution is 2.17. The average Bonchev–Trinajstić information content (AvgIpc) is 2.98. The number of aryl methyl sites for hydroxylation is 1. The number of carbonyl (C=O) groups is 1. The lowest BCUT2D eigenvalue weighted by Gasteiger charge is -2.29. The standard InChI is InChI=1S/C26H41ClN8O8.CH4/c27-22-24(29)33-23(28)21(32-22)25(42)34-26(30)31-8-2-1-3-15-4-6-16(7-5-15)43-10-9-35(11-17(38)19(40)13-36)12-18(39)20(41)14-37;/h4-7,17-20,36-41H,1-3,8-14H2,(H4,28,29,33)(H3,30,31,34,42);1H4/t17-,18-,19+,20+;/m1./s1. The van der Waals surface area contributed by atoms with Crippen LogP contribution >= 0.6 is 11.6 Å². The smallest absolute Gasteiger partial charge is 0.280 e. The highest BCUT2D eigenvalue weighted by Gasteiger charge is 2.24. The van der Waals surface area contributed by atoms with Gasteiger partial charge < -0.3 is 52.6 Å². The van der Waals surface area contributed by atoms with E-state index in [1.54, 1.807) is 17.0 Å². The highest BCUT2D eigenvalue weighted by atomic mass is 35.5. The number of nitrogens with one attached hydrogen (secondary N) is 1. The summed E-state index contributed by atoms with van der Waals surface area (Å²) < 4.78 is 5.76. The molecule has 13 N–H and O–H groups in total. The number of benzene rings is 1. The topological polar surface area (TPSA) is 279 Å². The first-order chi connectivity index (χ1) is 20.4. The van der Waals surface area contributed by atoms with Crippen molar-refractivity contribution < 1.29 is 40.2 Å². The number of hydrogen-bond acceptors (Lipinski definition) is 14. The molecule has 1 aromatic heterocycles. The molecule has 0 aliphatic heterocycles. The van der Waals surface area contributed by atoms with E-state index in [2.05, 4.69) is 20.3 Å². The second-order valence-corrected chi connectivity index (χ2v) is 10.1. The van der Waals surface area contributed by atoms with Crippen LogP contribution in [0.2, 0.25) is 5.15 Å². The molecular weight excluding hydrogens is 600 g/mol. The summed E-state index contributed by atoms with van der Waals surface area (Å²) in [5.41, 5.74) is 17.8. The summed E-state index contributed by atoms with van der Waals surface area (Å²) in [7, 11) is 0. The summed E-state index contributed by atoms with van der Waals surface area (Å²) in [6.45, 7) is -0.681. The van der Waals surface area contributed by atoms with Crippen molar-refractivity contribution in [3.63, 3.8) is 0 Å². The van der Waals surface area contributed by atoms with Crippen LogP contribution in [0.25, 0.3) is 0 Å². The monoisotopic (exact) mass is 644 g/mol. The molecule has 0 radical (unpaired) electrons. The van der Waals surface area contributed by atoms with E-state index in [0.717, 1.165) is 18.4 Å². The molecule has 248 valence electrons. The van der Waals surface area contributed by atoms with Crippen molar-refractivity contribution >= 4 is 35.1 Å². The lowest BCUT2D eigenvalue weighted by atomic mass is 10.1. The Morgan fingerprint density at radius 3 is 2.11 bits per heavy atom. The summed E-state index contributed by atoms with van der Waals surface area (Å²) in [5.74, 6) is -0.491. The third-order valence-corrected chi connectivity index (χ3v) is 6.55. The fourth-order valence-electron chi connectivity index (χ4n) is 3.78. The van der Waals surface area contributed by atoms with E-state index in [4.69, 9.17) is 43.8 Å². The van der Waals surface area contributed by atoms with Gasteiger partial charge in [0.15, 0.2) is 28.4 Å². The van der Waals surface area contributed by atoms with Crippen molar-refractivity contribution in [3.05, 3.63) is 40.7 Å². The van der Waals surface area contributed by atoms with Crippen LogP contribution in [-0.2, 0) is 6.42 Å². The highest BCUT2D eigenvalue weighted by molar-refractivity contribution is 6.31. The molecule has 44 heavy (non-hydrogen) atoms. The number of nitrogen functional groups attached to an aromatic ring is 2. The lowest BCUT2D eigenvalue weighted by molar-refractivity contribution is -0.0551. The van der Waals surface area contributed by atoms with E-state index in [-0.39, 0.29) is 62.1 Å². The number of nitrogens with zero attached hydrogens (tertiary/aromatic N) is 4. The summed E-state index contributed by atoms with van der Waals surface area (Å²) >= 11 is 5.79. The number of carbonyl (C=O) groups excluding carboxylic acids is 1. The first-order valence-electron chi connectivity index (χ1n) is 13.5. The Morgan fingerprint density at radius 1 is 0.955 bits per heavy atom. The summed E-state index contributed by atoms with van der Waals surface area (Å²) in [4.78, 5) is 25.5. The van der Waals surface area contributed by atoms with Gasteiger partial charge in [-0.1, -0.05) is 31.2 Å². The molecule has 0 aliphatic carbocycles. The minimum absolute atomic E-state index is 0. The van der Waals surface area contributed by atoms with E-state index in [1.807, 2.05) is 12.1 Å². The first kappa shape index (κ1) is 38.7. The zero-order valence-electron chi connectivity index (χ0n) is 23.6. The third-order valence-electron chi connectivity index (χ3n) is 6.27. The number of amides is 1.